The Morgan fingerprint density at radius 1 is 1.50 bits per heavy atom. The molecule has 2 N–H and O–H groups in total. The van der Waals surface area contributed by atoms with Crippen molar-refractivity contribution in [2.45, 2.75) is 25.1 Å². The van der Waals surface area contributed by atoms with E-state index in [-0.39, 0.29) is 5.92 Å². The minimum absolute atomic E-state index is 0.219. The zero-order chi connectivity index (χ0) is 12.1. The van der Waals surface area contributed by atoms with Crippen molar-refractivity contribution in [3.63, 3.8) is 0 Å². The number of carboxylic acids is 1. The Bertz CT molecular complexity index is 264. The number of hydrogen-bond donors (Lipinski definition) is 2. The highest BCUT2D eigenvalue weighted by molar-refractivity contribution is 7.44. The predicted molar refractivity (Wildman–Crippen MR) is 61.0 cm³/mol. The van der Waals surface area contributed by atoms with Gasteiger partial charge in [-0.25, -0.2) is 0 Å². The molecule has 16 heavy (non-hydrogen) atoms. The molecule has 1 saturated heterocycles. The zero-order valence-electron chi connectivity index (χ0n) is 9.50. The van der Waals surface area contributed by atoms with E-state index in [1.165, 1.54) is 6.66 Å². The van der Waals surface area contributed by atoms with Gasteiger partial charge in [0.05, 0.1) is 5.92 Å². The minimum Gasteiger partial charge on any atom is -0.481 e. The molecule has 0 spiro atoms. The molecule has 1 fully saturated rings. The highest BCUT2D eigenvalue weighted by atomic mass is 31.1. The van der Waals surface area contributed by atoms with Gasteiger partial charge in [0.1, 0.15) is 6.66 Å². The Morgan fingerprint density at radius 3 is 2.50 bits per heavy atom. The first kappa shape index (κ1) is 13.6. The van der Waals surface area contributed by atoms with Crippen LogP contribution in [-0.2, 0) is 9.36 Å². The van der Waals surface area contributed by atoms with Crippen LogP contribution in [0.1, 0.15) is 19.3 Å². The topological polar surface area (TPSA) is 77.8 Å². The second kappa shape index (κ2) is 6.28. The molecule has 0 aliphatic carbocycles. The number of aliphatic hydroxyl groups is 1. The van der Waals surface area contributed by atoms with Crippen molar-refractivity contribution in [1.29, 1.82) is 0 Å². The summed E-state index contributed by atoms with van der Waals surface area (Å²) in [5.41, 5.74) is 0. The third-order valence-electron chi connectivity index (χ3n) is 3.06. The van der Waals surface area contributed by atoms with E-state index in [4.69, 9.17) is 5.11 Å². The lowest BCUT2D eigenvalue weighted by Gasteiger charge is -2.29. The molecule has 1 aliphatic heterocycles. The minimum atomic E-state index is -1.52. The number of rotatable bonds is 5. The molecule has 1 rings (SSSR count). The molecule has 5 nitrogen and oxygen atoms in total. The van der Waals surface area contributed by atoms with Gasteiger partial charge < -0.3 is 15.1 Å². The average Bonchev–Trinajstić information content (AvgIpc) is 2.26. The summed E-state index contributed by atoms with van der Waals surface area (Å²) >= 11 is 0. The van der Waals surface area contributed by atoms with Crippen LogP contribution in [0.15, 0.2) is 0 Å². The Morgan fingerprint density at radius 2 is 2.06 bits per heavy atom. The SMILES string of the molecule is C[P+](=O)C(O)CCN1CCC(C(=O)O)CC1. The summed E-state index contributed by atoms with van der Waals surface area (Å²) in [6, 6.07) is 0. The molecule has 0 bridgehead atoms. The second-order valence-corrected chi connectivity index (χ2v) is 5.96. The molecule has 1 heterocycles. The molecule has 2 atom stereocenters. The quantitative estimate of drug-likeness (QED) is 0.708. The van der Waals surface area contributed by atoms with Crippen LogP contribution in [-0.4, -0.2) is 53.2 Å². The van der Waals surface area contributed by atoms with Gasteiger partial charge in [0, 0.05) is 13.0 Å². The first-order valence-corrected chi connectivity index (χ1v) is 7.31. The Hall–Kier alpha value is -0.510. The number of nitrogens with zero attached hydrogens (tertiary/aromatic N) is 1. The maximum atomic E-state index is 11.0. The van der Waals surface area contributed by atoms with Crippen LogP contribution in [0.5, 0.6) is 0 Å². The van der Waals surface area contributed by atoms with E-state index in [0.29, 0.717) is 25.8 Å². The summed E-state index contributed by atoms with van der Waals surface area (Å²) in [6.07, 6.45) is 1.84. The highest BCUT2D eigenvalue weighted by Crippen LogP contribution is 2.24. The van der Waals surface area contributed by atoms with E-state index >= 15 is 0 Å². The van der Waals surface area contributed by atoms with Crippen molar-refractivity contribution in [2.24, 2.45) is 5.92 Å². The molecule has 92 valence electrons. The summed E-state index contributed by atoms with van der Waals surface area (Å²) in [4.78, 5) is 12.8. The molecule has 0 aromatic carbocycles. The molecular formula is C10H19NO4P+. The van der Waals surface area contributed by atoms with Crippen molar-refractivity contribution in [3.8, 4) is 0 Å². The number of piperidine rings is 1. The molecule has 6 heteroatoms. The van der Waals surface area contributed by atoms with E-state index in [1.54, 1.807) is 0 Å². The van der Waals surface area contributed by atoms with E-state index in [9.17, 15) is 14.5 Å². The van der Waals surface area contributed by atoms with Crippen molar-refractivity contribution in [1.82, 2.24) is 4.90 Å². The fraction of sp³-hybridized carbons (Fsp3) is 0.900. The summed E-state index contributed by atoms with van der Waals surface area (Å²) in [5, 5.41) is 18.2. The lowest BCUT2D eigenvalue weighted by atomic mass is 9.97. The van der Waals surface area contributed by atoms with Crippen LogP contribution in [0.2, 0.25) is 0 Å². The van der Waals surface area contributed by atoms with Gasteiger partial charge in [-0.05, 0) is 25.9 Å². The van der Waals surface area contributed by atoms with Crippen molar-refractivity contribution in [3.05, 3.63) is 0 Å². The highest BCUT2D eigenvalue weighted by Gasteiger charge is 2.26. The molecular weight excluding hydrogens is 229 g/mol. The normalized spacial score (nSPS) is 21.8. The number of carboxylic acid groups (broad SMARTS) is 1. The number of hydrogen-bond acceptors (Lipinski definition) is 4. The molecule has 0 aromatic rings. The predicted octanol–water partition coefficient (Wildman–Crippen LogP) is 0.949. The van der Waals surface area contributed by atoms with Crippen LogP contribution < -0.4 is 0 Å². The maximum absolute atomic E-state index is 11.0. The smallest absolute Gasteiger partial charge is 0.366 e. The van der Waals surface area contributed by atoms with Crippen LogP contribution in [0.25, 0.3) is 0 Å². The second-order valence-electron chi connectivity index (χ2n) is 4.27. The van der Waals surface area contributed by atoms with Crippen molar-refractivity contribution < 1.29 is 19.6 Å². The standard InChI is InChI=1S/C10H18NO4P/c1-16(15)9(12)4-7-11-5-2-8(3-6-11)10(13)14/h8-9,12H,2-7H2,1H3/p+1. The monoisotopic (exact) mass is 248 g/mol. The summed E-state index contributed by atoms with van der Waals surface area (Å²) < 4.78 is 11.0. The number of carbonyl (C=O) groups is 1. The van der Waals surface area contributed by atoms with E-state index in [0.717, 1.165) is 13.1 Å². The van der Waals surface area contributed by atoms with Crippen LogP contribution in [0, 0.1) is 5.92 Å². The van der Waals surface area contributed by atoms with E-state index < -0.39 is 19.6 Å². The summed E-state index contributed by atoms with van der Waals surface area (Å²) in [5.74, 6) is -1.66. The summed E-state index contributed by atoms with van der Waals surface area (Å²) in [7, 11) is -1.52. The number of likely N-dealkylation sites (tertiary alicyclic amines) is 1. The molecule has 0 saturated carbocycles. The largest absolute Gasteiger partial charge is 0.481 e. The Labute approximate surface area is 96.2 Å². The van der Waals surface area contributed by atoms with E-state index in [2.05, 4.69) is 4.90 Å². The van der Waals surface area contributed by atoms with Crippen molar-refractivity contribution in [2.75, 3.05) is 26.3 Å². The van der Waals surface area contributed by atoms with Gasteiger partial charge in [-0.3, -0.25) is 4.79 Å². The average molecular weight is 248 g/mol. The van der Waals surface area contributed by atoms with Crippen LogP contribution in [0.3, 0.4) is 0 Å². The van der Waals surface area contributed by atoms with Crippen LogP contribution >= 0.6 is 7.80 Å². The fourth-order valence-corrected chi connectivity index (χ4v) is 2.36. The molecule has 1 aliphatic rings. The Balaban J connectivity index is 2.22. The lowest BCUT2D eigenvalue weighted by Crippen LogP contribution is -2.37. The van der Waals surface area contributed by atoms with Gasteiger partial charge >= 0.3 is 13.8 Å². The molecule has 0 radical (unpaired) electrons. The molecule has 0 aromatic heterocycles. The van der Waals surface area contributed by atoms with Gasteiger partial charge in [0.15, 0.2) is 0 Å². The Kier molecular flexibility index (Phi) is 5.32. The first-order valence-electron chi connectivity index (χ1n) is 5.54. The third-order valence-corrected chi connectivity index (χ3v) is 4.16. The maximum Gasteiger partial charge on any atom is 0.366 e. The third kappa shape index (κ3) is 4.16. The van der Waals surface area contributed by atoms with Gasteiger partial charge in [0.25, 0.3) is 5.85 Å². The lowest BCUT2D eigenvalue weighted by molar-refractivity contribution is -0.143. The molecule has 2 unspecified atom stereocenters. The fourth-order valence-electron chi connectivity index (χ4n) is 1.88. The van der Waals surface area contributed by atoms with Crippen molar-refractivity contribution >= 4 is 13.8 Å². The van der Waals surface area contributed by atoms with E-state index in [1.807, 2.05) is 0 Å². The summed E-state index contributed by atoms with van der Waals surface area (Å²) in [6.45, 7) is 3.73. The first-order chi connectivity index (χ1) is 7.50. The molecule has 0 amide bonds. The zero-order valence-corrected chi connectivity index (χ0v) is 10.4. The van der Waals surface area contributed by atoms with Gasteiger partial charge in [-0.2, -0.15) is 0 Å². The van der Waals surface area contributed by atoms with Gasteiger partial charge in [-0.15, -0.1) is 0 Å². The van der Waals surface area contributed by atoms with Gasteiger partial charge in [0.2, 0.25) is 0 Å². The number of aliphatic hydroxyl groups excluding tert-OH is 1. The number of aliphatic carboxylic acids is 1. The van der Waals surface area contributed by atoms with Crippen LogP contribution in [0.4, 0.5) is 0 Å². The van der Waals surface area contributed by atoms with Gasteiger partial charge in [-0.1, -0.05) is 4.57 Å².